The van der Waals surface area contributed by atoms with Gasteiger partial charge in [-0.2, -0.15) is 0 Å². The van der Waals surface area contributed by atoms with Crippen LogP contribution in [0.3, 0.4) is 0 Å². The molecule has 1 aromatic heterocycles. The molecular weight excluding hydrogens is 178 g/mol. The fourth-order valence-electron chi connectivity index (χ4n) is 3.20. The van der Waals surface area contributed by atoms with E-state index < -0.39 is 0 Å². The maximum absolute atomic E-state index is 5.39. The van der Waals surface area contributed by atoms with Gasteiger partial charge < -0.3 is 10.2 Å². The zero-order chi connectivity index (χ0) is 9.54. The highest BCUT2D eigenvalue weighted by atomic mass is 16.4. The Bertz CT molecular complexity index is 336. The van der Waals surface area contributed by atoms with Gasteiger partial charge in [-0.15, -0.1) is 5.10 Å². The van der Waals surface area contributed by atoms with E-state index in [1.165, 1.54) is 25.7 Å². The van der Waals surface area contributed by atoms with Crippen LogP contribution in [0.5, 0.6) is 0 Å². The van der Waals surface area contributed by atoms with Gasteiger partial charge in [0.25, 0.3) is 0 Å². The summed E-state index contributed by atoms with van der Waals surface area (Å²) in [4.78, 5) is 0. The van der Waals surface area contributed by atoms with Gasteiger partial charge in [-0.1, -0.05) is 11.5 Å². The summed E-state index contributed by atoms with van der Waals surface area (Å²) in [7, 11) is 0. The largest absolute Gasteiger partial charge is 0.408 e. The fraction of sp³-hybridized carbons (Fsp3) is 0.800. The van der Waals surface area contributed by atoms with Crippen molar-refractivity contribution in [2.24, 2.45) is 17.8 Å². The molecule has 0 amide bonds. The molecule has 2 N–H and O–H groups in total. The lowest BCUT2D eigenvalue weighted by Crippen LogP contribution is -2.13. The van der Waals surface area contributed by atoms with Crippen molar-refractivity contribution in [3.8, 4) is 0 Å². The molecule has 3 atom stereocenters. The Hall–Kier alpha value is -1.06. The maximum atomic E-state index is 5.39. The van der Waals surface area contributed by atoms with Crippen molar-refractivity contribution in [3.63, 3.8) is 0 Å². The molecule has 3 unspecified atom stereocenters. The van der Waals surface area contributed by atoms with Crippen molar-refractivity contribution >= 4 is 6.01 Å². The predicted molar refractivity (Wildman–Crippen MR) is 51.4 cm³/mol. The van der Waals surface area contributed by atoms with Crippen molar-refractivity contribution < 1.29 is 4.42 Å². The zero-order valence-electron chi connectivity index (χ0n) is 8.15. The predicted octanol–water partition coefficient (Wildman–Crippen LogP) is 1.63. The first-order valence-corrected chi connectivity index (χ1v) is 5.39. The second kappa shape index (κ2) is 2.97. The molecule has 3 rings (SSSR count). The van der Waals surface area contributed by atoms with Gasteiger partial charge in [0.05, 0.1) is 0 Å². The molecule has 4 nitrogen and oxygen atoms in total. The molecule has 0 aromatic carbocycles. The van der Waals surface area contributed by atoms with Gasteiger partial charge in [0.1, 0.15) is 0 Å². The molecular formula is C10H15N3O. The molecule has 2 saturated carbocycles. The summed E-state index contributed by atoms with van der Waals surface area (Å²) >= 11 is 0. The second-order valence-electron chi connectivity index (χ2n) is 4.67. The molecule has 1 aromatic rings. The number of nitrogens with two attached hydrogens (primary N) is 1. The normalized spacial score (nSPS) is 35.3. The number of hydrogen-bond donors (Lipinski definition) is 1. The Morgan fingerprint density at radius 2 is 2.21 bits per heavy atom. The Morgan fingerprint density at radius 1 is 1.29 bits per heavy atom. The van der Waals surface area contributed by atoms with Crippen molar-refractivity contribution in [1.82, 2.24) is 10.2 Å². The van der Waals surface area contributed by atoms with E-state index in [1.807, 2.05) is 0 Å². The Kier molecular flexibility index (Phi) is 1.75. The van der Waals surface area contributed by atoms with E-state index in [0.29, 0.717) is 0 Å². The molecule has 2 aliphatic carbocycles. The molecule has 0 aliphatic heterocycles. The topological polar surface area (TPSA) is 64.9 Å². The number of nitrogens with zero attached hydrogens (tertiary/aromatic N) is 2. The maximum Gasteiger partial charge on any atom is 0.312 e. The second-order valence-corrected chi connectivity index (χ2v) is 4.67. The summed E-state index contributed by atoms with van der Waals surface area (Å²) in [5.74, 6) is 3.38. The summed E-state index contributed by atoms with van der Waals surface area (Å²) in [5, 5.41) is 7.60. The minimum absolute atomic E-state index is 0.197. The lowest BCUT2D eigenvalue weighted by Gasteiger charge is -2.19. The molecule has 1 heterocycles. The van der Waals surface area contributed by atoms with Crippen molar-refractivity contribution in [2.75, 3.05) is 5.73 Å². The van der Waals surface area contributed by atoms with Gasteiger partial charge >= 0.3 is 6.01 Å². The third-order valence-electron chi connectivity index (χ3n) is 3.80. The van der Waals surface area contributed by atoms with Crippen molar-refractivity contribution in [3.05, 3.63) is 5.89 Å². The lowest BCUT2D eigenvalue weighted by molar-refractivity contribution is 0.308. The first-order chi connectivity index (χ1) is 6.81. The van der Waals surface area contributed by atoms with Crippen LogP contribution in [-0.4, -0.2) is 10.2 Å². The van der Waals surface area contributed by atoms with Gasteiger partial charge in [-0.05, 0) is 37.0 Å². The lowest BCUT2D eigenvalue weighted by atomic mass is 9.86. The SMILES string of the molecule is Nc1nnc(CC2CC3CCC2C3)o1. The van der Waals surface area contributed by atoms with Gasteiger partial charge in [-0.3, -0.25) is 0 Å². The summed E-state index contributed by atoms with van der Waals surface area (Å²) in [6.45, 7) is 0. The van der Waals surface area contributed by atoms with Gasteiger partial charge in [-0.25, -0.2) is 0 Å². The zero-order valence-corrected chi connectivity index (χ0v) is 8.15. The molecule has 0 radical (unpaired) electrons. The third kappa shape index (κ3) is 1.29. The molecule has 4 heteroatoms. The number of fused-ring (bicyclic) bond motifs is 2. The number of anilines is 1. The highest BCUT2D eigenvalue weighted by molar-refractivity contribution is 5.05. The Morgan fingerprint density at radius 3 is 2.79 bits per heavy atom. The van der Waals surface area contributed by atoms with E-state index in [2.05, 4.69) is 10.2 Å². The molecule has 0 spiro atoms. The first-order valence-electron chi connectivity index (χ1n) is 5.39. The number of nitrogen functional groups attached to an aromatic ring is 1. The van der Waals surface area contributed by atoms with E-state index in [1.54, 1.807) is 0 Å². The van der Waals surface area contributed by atoms with E-state index in [-0.39, 0.29) is 6.01 Å². The van der Waals surface area contributed by atoms with Crippen LogP contribution in [0.25, 0.3) is 0 Å². The smallest absolute Gasteiger partial charge is 0.312 e. The fourth-order valence-corrected chi connectivity index (χ4v) is 3.20. The monoisotopic (exact) mass is 193 g/mol. The summed E-state index contributed by atoms with van der Waals surface area (Å²) < 4.78 is 5.21. The summed E-state index contributed by atoms with van der Waals surface area (Å²) in [6.07, 6.45) is 6.55. The number of aromatic nitrogens is 2. The molecule has 2 bridgehead atoms. The van der Waals surface area contributed by atoms with Crippen LogP contribution in [0.2, 0.25) is 0 Å². The highest BCUT2D eigenvalue weighted by Gasteiger charge is 2.39. The van der Waals surface area contributed by atoms with E-state index in [4.69, 9.17) is 10.2 Å². The van der Waals surface area contributed by atoms with E-state index in [0.717, 1.165) is 30.1 Å². The van der Waals surface area contributed by atoms with Crippen molar-refractivity contribution in [2.45, 2.75) is 32.1 Å². The summed E-state index contributed by atoms with van der Waals surface area (Å²) in [6, 6.07) is 0.197. The molecule has 0 saturated heterocycles. The van der Waals surface area contributed by atoms with Crippen LogP contribution in [-0.2, 0) is 6.42 Å². The standard InChI is InChI=1S/C10H15N3O/c11-10-13-12-9(14-10)5-8-4-6-1-2-7(8)3-6/h6-8H,1-5H2,(H2,11,13). The molecule has 76 valence electrons. The number of rotatable bonds is 2. The Balaban J connectivity index is 1.68. The first kappa shape index (κ1) is 8.26. The van der Waals surface area contributed by atoms with Crippen molar-refractivity contribution in [1.29, 1.82) is 0 Å². The van der Waals surface area contributed by atoms with Crippen LogP contribution < -0.4 is 5.73 Å². The van der Waals surface area contributed by atoms with Gasteiger partial charge in [0, 0.05) is 6.42 Å². The molecule has 14 heavy (non-hydrogen) atoms. The Labute approximate surface area is 82.9 Å². The van der Waals surface area contributed by atoms with E-state index in [9.17, 15) is 0 Å². The van der Waals surface area contributed by atoms with Crippen LogP contribution >= 0.6 is 0 Å². The minimum atomic E-state index is 0.197. The van der Waals surface area contributed by atoms with Crippen LogP contribution in [0.15, 0.2) is 4.42 Å². The number of hydrogen-bond acceptors (Lipinski definition) is 4. The van der Waals surface area contributed by atoms with Gasteiger partial charge in [0.15, 0.2) is 0 Å². The van der Waals surface area contributed by atoms with Gasteiger partial charge in [0.2, 0.25) is 5.89 Å². The third-order valence-corrected chi connectivity index (χ3v) is 3.80. The van der Waals surface area contributed by atoms with E-state index >= 15 is 0 Å². The summed E-state index contributed by atoms with van der Waals surface area (Å²) in [5.41, 5.74) is 5.39. The molecule has 2 aliphatic rings. The highest BCUT2D eigenvalue weighted by Crippen LogP contribution is 2.49. The van der Waals surface area contributed by atoms with Crippen LogP contribution in [0.1, 0.15) is 31.6 Å². The minimum Gasteiger partial charge on any atom is -0.408 e. The van der Waals surface area contributed by atoms with Crippen LogP contribution in [0.4, 0.5) is 6.01 Å². The molecule has 2 fully saturated rings. The average Bonchev–Trinajstić information content (AvgIpc) is 2.82. The average molecular weight is 193 g/mol. The van der Waals surface area contributed by atoms with Crippen LogP contribution in [0, 0.1) is 17.8 Å². The quantitative estimate of drug-likeness (QED) is 0.775.